The van der Waals surface area contributed by atoms with Crippen LogP contribution < -0.4 is 5.32 Å². The zero-order chi connectivity index (χ0) is 19.4. The second-order valence-corrected chi connectivity index (χ2v) is 6.29. The third-order valence-electron chi connectivity index (χ3n) is 4.33. The standard InChI is InChI=1S/C21H21N3O3/c1-3-7-19-17(13-22-24(19)16-8-5-4-6-9-16)20(25)23-18-12-15(21(26)27)11-10-14(18)2/h4-6,8-13H,3,7H2,1-2H3,(H,23,25)(H,26,27). The van der Waals surface area contributed by atoms with Gasteiger partial charge in [-0.05, 0) is 43.2 Å². The molecule has 1 aromatic heterocycles. The van der Waals surface area contributed by atoms with E-state index >= 15 is 0 Å². The molecule has 138 valence electrons. The van der Waals surface area contributed by atoms with E-state index in [2.05, 4.69) is 10.4 Å². The van der Waals surface area contributed by atoms with Crippen molar-refractivity contribution in [2.24, 2.45) is 0 Å². The molecule has 0 spiro atoms. The maximum atomic E-state index is 12.9. The number of carboxylic acids is 1. The van der Waals surface area contributed by atoms with Crippen molar-refractivity contribution in [2.45, 2.75) is 26.7 Å². The van der Waals surface area contributed by atoms with Crippen LogP contribution in [0.3, 0.4) is 0 Å². The molecule has 27 heavy (non-hydrogen) atoms. The molecule has 3 aromatic rings. The number of aromatic nitrogens is 2. The number of aryl methyl sites for hydroxylation is 1. The van der Waals surface area contributed by atoms with Crippen molar-refractivity contribution in [3.8, 4) is 5.69 Å². The molecule has 0 aliphatic rings. The number of carbonyl (C=O) groups excluding carboxylic acids is 1. The van der Waals surface area contributed by atoms with Gasteiger partial charge in [-0.1, -0.05) is 37.6 Å². The van der Waals surface area contributed by atoms with Gasteiger partial charge < -0.3 is 10.4 Å². The molecule has 0 unspecified atom stereocenters. The minimum absolute atomic E-state index is 0.129. The van der Waals surface area contributed by atoms with Crippen LogP contribution in [0.1, 0.15) is 45.3 Å². The summed E-state index contributed by atoms with van der Waals surface area (Å²) in [5.74, 6) is -1.33. The summed E-state index contributed by atoms with van der Waals surface area (Å²) in [7, 11) is 0. The van der Waals surface area contributed by atoms with E-state index in [4.69, 9.17) is 5.11 Å². The van der Waals surface area contributed by atoms with E-state index in [1.807, 2.05) is 44.2 Å². The van der Waals surface area contributed by atoms with Gasteiger partial charge in [-0.2, -0.15) is 5.10 Å². The van der Waals surface area contributed by atoms with Gasteiger partial charge in [-0.15, -0.1) is 0 Å². The lowest BCUT2D eigenvalue weighted by atomic mass is 10.1. The van der Waals surface area contributed by atoms with Crippen molar-refractivity contribution in [1.82, 2.24) is 9.78 Å². The van der Waals surface area contributed by atoms with Crippen LogP contribution in [0.4, 0.5) is 5.69 Å². The lowest BCUT2D eigenvalue weighted by Gasteiger charge is -2.11. The van der Waals surface area contributed by atoms with E-state index in [-0.39, 0.29) is 11.5 Å². The molecule has 1 heterocycles. The Labute approximate surface area is 157 Å². The summed E-state index contributed by atoms with van der Waals surface area (Å²) in [5.41, 5.74) is 3.61. The second kappa shape index (κ2) is 7.86. The average Bonchev–Trinajstić information content (AvgIpc) is 3.08. The van der Waals surface area contributed by atoms with Crippen molar-refractivity contribution >= 4 is 17.6 Å². The Balaban J connectivity index is 1.95. The van der Waals surface area contributed by atoms with E-state index in [9.17, 15) is 9.59 Å². The Morgan fingerprint density at radius 1 is 1.15 bits per heavy atom. The molecular weight excluding hydrogens is 342 g/mol. The first-order valence-electron chi connectivity index (χ1n) is 8.79. The fourth-order valence-electron chi connectivity index (χ4n) is 2.91. The van der Waals surface area contributed by atoms with Crippen molar-refractivity contribution in [1.29, 1.82) is 0 Å². The number of amides is 1. The average molecular weight is 363 g/mol. The molecule has 2 aromatic carbocycles. The second-order valence-electron chi connectivity index (χ2n) is 6.29. The summed E-state index contributed by atoms with van der Waals surface area (Å²) in [6.45, 7) is 3.87. The summed E-state index contributed by atoms with van der Waals surface area (Å²) in [6.07, 6.45) is 3.13. The molecular formula is C21H21N3O3. The summed E-state index contributed by atoms with van der Waals surface area (Å²) in [5, 5.41) is 16.4. The van der Waals surface area contributed by atoms with E-state index < -0.39 is 5.97 Å². The zero-order valence-corrected chi connectivity index (χ0v) is 15.3. The predicted octanol–water partition coefficient (Wildman–Crippen LogP) is 4.08. The molecule has 0 atom stereocenters. The number of hydrogen-bond donors (Lipinski definition) is 2. The molecule has 6 nitrogen and oxygen atoms in total. The van der Waals surface area contributed by atoms with Crippen LogP contribution >= 0.6 is 0 Å². The van der Waals surface area contributed by atoms with Gasteiger partial charge in [-0.25, -0.2) is 9.48 Å². The third-order valence-corrected chi connectivity index (χ3v) is 4.33. The SMILES string of the molecule is CCCc1c(C(=O)Nc2cc(C(=O)O)ccc2C)cnn1-c1ccccc1. The van der Waals surface area contributed by atoms with Gasteiger partial charge in [0, 0.05) is 5.69 Å². The van der Waals surface area contributed by atoms with E-state index in [0.29, 0.717) is 17.7 Å². The molecule has 1 amide bonds. The van der Waals surface area contributed by atoms with Crippen LogP contribution in [-0.4, -0.2) is 26.8 Å². The highest BCUT2D eigenvalue weighted by Crippen LogP contribution is 2.21. The van der Waals surface area contributed by atoms with E-state index in [1.165, 1.54) is 12.1 Å². The first-order valence-corrected chi connectivity index (χ1v) is 8.79. The summed E-state index contributed by atoms with van der Waals surface area (Å²) in [6, 6.07) is 14.3. The monoisotopic (exact) mass is 363 g/mol. The Hall–Kier alpha value is -3.41. The van der Waals surface area contributed by atoms with Gasteiger partial charge >= 0.3 is 5.97 Å². The molecule has 0 bridgehead atoms. The van der Waals surface area contributed by atoms with Crippen molar-refractivity contribution in [2.75, 3.05) is 5.32 Å². The number of nitrogens with zero attached hydrogens (tertiary/aromatic N) is 2. The number of carboxylic acid groups (broad SMARTS) is 1. The first kappa shape index (κ1) is 18.4. The number of carbonyl (C=O) groups is 2. The molecule has 2 N–H and O–H groups in total. The molecule has 0 aliphatic heterocycles. The highest BCUT2D eigenvalue weighted by molar-refractivity contribution is 6.06. The largest absolute Gasteiger partial charge is 0.478 e. The quantitative estimate of drug-likeness (QED) is 0.691. The molecule has 0 saturated heterocycles. The summed E-state index contributed by atoms with van der Waals surface area (Å²) in [4.78, 5) is 24.1. The van der Waals surface area contributed by atoms with Gasteiger partial charge in [0.25, 0.3) is 5.91 Å². The molecule has 0 fully saturated rings. The van der Waals surface area contributed by atoms with Crippen LogP contribution in [0.25, 0.3) is 5.69 Å². The highest BCUT2D eigenvalue weighted by atomic mass is 16.4. The van der Waals surface area contributed by atoms with E-state index in [1.54, 1.807) is 16.9 Å². The maximum absolute atomic E-state index is 12.9. The maximum Gasteiger partial charge on any atom is 0.335 e. The summed E-state index contributed by atoms with van der Waals surface area (Å²) >= 11 is 0. The molecule has 0 aliphatic carbocycles. The van der Waals surface area contributed by atoms with Crippen LogP contribution in [0.15, 0.2) is 54.7 Å². The van der Waals surface area contributed by atoms with Crippen LogP contribution in [0.2, 0.25) is 0 Å². The normalized spacial score (nSPS) is 10.6. The molecule has 0 radical (unpaired) electrons. The molecule has 0 saturated carbocycles. The summed E-state index contributed by atoms with van der Waals surface area (Å²) < 4.78 is 1.78. The van der Waals surface area contributed by atoms with Gasteiger partial charge in [0.15, 0.2) is 0 Å². The first-order chi connectivity index (χ1) is 13.0. The molecule has 6 heteroatoms. The number of para-hydroxylation sites is 1. The number of rotatable bonds is 6. The number of nitrogens with one attached hydrogen (secondary N) is 1. The lowest BCUT2D eigenvalue weighted by Crippen LogP contribution is -2.16. The Bertz CT molecular complexity index is 978. The number of aromatic carboxylic acids is 1. The minimum atomic E-state index is -1.03. The number of benzene rings is 2. The smallest absolute Gasteiger partial charge is 0.335 e. The Morgan fingerprint density at radius 3 is 2.56 bits per heavy atom. The van der Waals surface area contributed by atoms with Gasteiger partial charge in [0.1, 0.15) is 0 Å². The van der Waals surface area contributed by atoms with E-state index in [0.717, 1.165) is 23.4 Å². The van der Waals surface area contributed by atoms with Crippen molar-refractivity contribution < 1.29 is 14.7 Å². The van der Waals surface area contributed by atoms with Gasteiger partial charge in [-0.3, -0.25) is 4.79 Å². The minimum Gasteiger partial charge on any atom is -0.478 e. The fourth-order valence-corrected chi connectivity index (χ4v) is 2.91. The topological polar surface area (TPSA) is 84.2 Å². The van der Waals surface area contributed by atoms with Crippen molar-refractivity contribution in [3.63, 3.8) is 0 Å². The third kappa shape index (κ3) is 3.89. The number of hydrogen-bond acceptors (Lipinski definition) is 3. The van der Waals surface area contributed by atoms with Crippen molar-refractivity contribution in [3.05, 3.63) is 77.1 Å². The molecule has 3 rings (SSSR count). The van der Waals surface area contributed by atoms with Gasteiger partial charge in [0.2, 0.25) is 0 Å². The Morgan fingerprint density at radius 2 is 1.89 bits per heavy atom. The Kier molecular flexibility index (Phi) is 5.35. The van der Waals surface area contributed by atoms with Gasteiger partial charge in [0.05, 0.1) is 28.7 Å². The predicted molar refractivity (Wildman–Crippen MR) is 104 cm³/mol. The fraction of sp³-hybridized carbons (Fsp3) is 0.190. The number of anilines is 1. The lowest BCUT2D eigenvalue weighted by molar-refractivity contribution is 0.0696. The van der Waals surface area contributed by atoms with Crippen LogP contribution in [0.5, 0.6) is 0 Å². The highest BCUT2D eigenvalue weighted by Gasteiger charge is 2.19. The van der Waals surface area contributed by atoms with Crippen LogP contribution in [-0.2, 0) is 6.42 Å². The zero-order valence-electron chi connectivity index (χ0n) is 15.3. The van der Waals surface area contributed by atoms with Crippen LogP contribution in [0, 0.1) is 6.92 Å².